The molecule has 0 aliphatic rings. The van der Waals surface area contributed by atoms with Gasteiger partial charge < -0.3 is 14.6 Å². The number of hydrogen-bond donors (Lipinski definition) is 1. The van der Waals surface area contributed by atoms with Gasteiger partial charge in [-0.3, -0.25) is 0 Å². The number of aliphatic hydroxyl groups is 1. The minimum Gasteiger partial charge on any atom is -0.496 e. The fourth-order valence-electron chi connectivity index (χ4n) is 2.29. The average Bonchev–Trinajstić information content (AvgIpc) is 2.28. The lowest BCUT2D eigenvalue weighted by atomic mass is 9.83. The van der Waals surface area contributed by atoms with E-state index in [0.29, 0.717) is 6.42 Å². The molecule has 2 unspecified atom stereocenters. The molecular formula is C15H24O3. The zero-order valence-corrected chi connectivity index (χ0v) is 11.9. The first-order chi connectivity index (χ1) is 8.40. The Hall–Kier alpha value is -1.06. The van der Waals surface area contributed by atoms with Gasteiger partial charge in [0.05, 0.1) is 19.3 Å². The summed E-state index contributed by atoms with van der Waals surface area (Å²) in [5, 5.41) is 10.3. The summed E-state index contributed by atoms with van der Waals surface area (Å²) in [4.78, 5) is 0. The molecule has 0 saturated heterocycles. The molecule has 0 radical (unpaired) electrons. The van der Waals surface area contributed by atoms with Gasteiger partial charge in [0, 0.05) is 13.5 Å². The van der Waals surface area contributed by atoms with E-state index >= 15 is 0 Å². The molecule has 0 aromatic heterocycles. The van der Waals surface area contributed by atoms with Gasteiger partial charge in [-0.05, 0) is 17.0 Å². The zero-order chi connectivity index (χ0) is 13.8. The predicted octanol–water partition coefficient (Wildman–Crippen LogP) is 2.66. The van der Waals surface area contributed by atoms with E-state index in [1.54, 1.807) is 14.2 Å². The van der Waals surface area contributed by atoms with Gasteiger partial charge >= 0.3 is 0 Å². The summed E-state index contributed by atoms with van der Waals surface area (Å²) in [5.41, 5.74) is 0.898. The first kappa shape index (κ1) is 15.0. The van der Waals surface area contributed by atoms with Crippen LogP contribution in [0.15, 0.2) is 24.3 Å². The maximum Gasteiger partial charge on any atom is 0.122 e. The summed E-state index contributed by atoms with van der Waals surface area (Å²) in [6, 6.07) is 7.74. The van der Waals surface area contributed by atoms with Crippen molar-refractivity contribution in [3.05, 3.63) is 29.8 Å². The van der Waals surface area contributed by atoms with Crippen LogP contribution in [0.3, 0.4) is 0 Å². The molecule has 0 spiro atoms. The van der Waals surface area contributed by atoms with Crippen molar-refractivity contribution in [1.29, 1.82) is 0 Å². The van der Waals surface area contributed by atoms with Crippen molar-refractivity contribution in [1.82, 2.24) is 0 Å². The zero-order valence-electron chi connectivity index (χ0n) is 11.9. The number of aliphatic hydroxyl groups excluding tert-OH is 1. The van der Waals surface area contributed by atoms with Gasteiger partial charge in [0.1, 0.15) is 5.75 Å². The van der Waals surface area contributed by atoms with E-state index in [-0.39, 0.29) is 11.5 Å². The Labute approximate surface area is 110 Å². The van der Waals surface area contributed by atoms with Crippen molar-refractivity contribution < 1.29 is 14.6 Å². The van der Waals surface area contributed by atoms with Crippen LogP contribution in [0.4, 0.5) is 0 Å². The Balaban J connectivity index is 2.83. The maximum absolute atomic E-state index is 10.3. The molecular weight excluding hydrogens is 228 g/mol. The van der Waals surface area contributed by atoms with Gasteiger partial charge in [0.25, 0.3) is 0 Å². The molecule has 1 aromatic carbocycles. The van der Waals surface area contributed by atoms with Crippen LogP contribution in [0.1, 0.15) is 26.3 Å². The molecule has 3 nitrogen and oxygen atoms in total. The first-order valence-electron chi connectivity index (χ1n) is 6.23. The number of ether oxygens (including phenoxy) is 2. The fraction of sp³-hybridized carbons (Fsp3) is 0.600. The van der Waals surface area contributed by atoms with Crippen molar-refractivity contribution in [2.75, 3.05) is 14.2 Å². The molecule has 1 rings (SSSR count). The molecule has 3 heteroatoms. The highest BCUT2D eigenvalue weighted by Gasteiger charge is 2.31. The van der Waals surface area contributed by atoms with E-state index in [2.05, 4.69) is 20.8 Å². The molecule has 1 aromatic rings. The molecule has 18 heavy (non-hydrogen) atoms. The molecule has 0 saturated carbocycles. The Bertz CT molecular complexity index is 368. The van der Waals surface area contributed by atoms with Gasteiger partial charge in [-0.2, -0.15) is 0 Å². The third kappa shape index (κ3) is 3.72. The second kappa shape index (κ2) is 6.21. The Morgan fingerprint density at radius 2 is 1.78 bits per heavy atom. The van der Waals surface area contributed by atoms with Crippen molar-refractivity contribution in [2.24, 2.45) is 5.41 Å². The lowest BCUT2D eigenvalue weighted by Crippen LogP contribution is -2.40. The van der Waals surface area contributed by atoms with E-state index in [0.717, 1.165) is 11.3 Å². The van der Waals surface area contributed by atoms with Crippen LogP contribution >= 0.6 is 0 Å². The maximum atomic E-state index is 10.3. The van der Waals surface area contributed by atoms with Crippen LogP contribution in [0.5, 0.6) is 5.75 Å². The van der Waals surface area contributed by atoms with Crippen LogP contribution in [0.2, 0.25) is 0 Å². The summed E-state index contributed by atoms with van der Waals surface area (Å²) in [6.45, 7) is 6.19. The van der Waals surface area contributed by atoms with Crippen LogP contribution in [0, 0.1) is 5.41 Å². The summed E-state index contributed by atoms with van der Waals surface area (Å²) >= 11 is 0. The fourth-order valence-corrected chi connectivity index (χ4v) is 2.29. The van der Waals surface area contributed by atoms with E-state index < -0.39 is 6.10 Å². The standard InChI is InChI=1S/C15H24O3/c1-15(2,3)14(18-5)12(16)10-11-8-6-7-9-13(11)17-4/h6-9,12,14,16H,10H2,1-5H3. The smallest absolute Gasteiger partial charge is 0.122 e. The Kier molecular flexibility index (Phi) is 5.17. The summed E-state index contributed by atoms with van der Waals surface area (Å²) < 4.78 is 10.7. The lowest BCUT2D eigenvalue weighted by molar-refractivity contribution is -0.0700. The predicted molar refractivity (Wildman–Crippen MR) is 73.0 cm³/mol. The largest absolute Gasteiger partial charge is 0.496 e. The van der Waals surface area contributed by atoms with Crippen LogP contribution < -0.4 is 4.74 Å². The topological polar surface area (TPSA) is 38.7 Å². The molecule has 1 N–H and O–H groups in total. The molecule has 0 aliphatic carbocycles. The molecule has 0 fully saturated rings. The second-order valence-corrected chi connectivity index (χ2v) is 5.61. The SMILES string of the molecule is COc1ccccc1CC(O)C(OC)C(C)(C)C. The van der Waals surface area contributed by atoms with Crippen molar-refractivity contribution in [2.45, 2.75) is 39.4 Å². The summed E-state index contributed by atoms with van der Waals surface area (Å²) in [5.74, 6) is 0.806. The Morgan fingerprint density at radius 1 is 1.17 bits per heavy atom. The lowest BCUT2D eigenvalue weighted by Gasteiger charge is -2.33. The molecule has 0 aliphatic heterocycles. The third-order valence-electron chi connectivity index (χ3n) is 3.08. The van der Waals surface area contributed by atoms with Gasteiger partial charge in [0.15, 0.2) is 0 Å². The van der Waals surface area contributed by atoms with Crippen molar-refractivity contribution in [3.63, 3.8) is 0 Å². The Morgan fingerprint density at radius 3 is 2.28 bits per heavy atom. The van der Waals surface area contributed by atoms with Crippen molar-refractivity contribution in [3.8, 4) is 5.75 Å². The molecule has 0 amide bonds. The van der Waals surface area contributed by atoms with Crippen LogP contribution in [-0.2, 0) is 11.2 Å². The number of rotatable bonds is 5. The highest BCUT2D eigenvalue weighted by Crippen LogP contribution is 2.28. The number of hydrogen-bond acceptors (Lipinski definition) is 3. The summed E-state index contributed by atoms with van der Waals surface area (Å²) in [7, 11) is 3.28. The normalized spacial score (nSPS) is 15.2. The van der Waals surface area contributed by atoms with Gasteiger partial charge in [-0.1, -0.05) is 39.0 Å². The van der Waals surface area contributed by atoms with Gasteiger partial charge in [0.2, 0.25) is 0 Å². The van der Waals surface area contributed by atoms with E-state index in [1.807, 2.05) is 24.3 Å². The van der Waals surface area contributed by atoms with Crippen LogP contribution in [-0.4, -0.2) is 31.5 Å². The number of para-hydroxylation sites is 1. The molecule has 2 atom stereocenters. The minimum absolute atomic E-state index is 0.101. The van der Waals surface area contributed by atoms with E-state index in [4.69, 9.17) is 9.47 Å². The number of benzene rings is 1. The second-order valence-electron chi connectivity index (χ2n) is 5.61. The molecule has 0 heterocycles. The van der Waals surface area contributed by atoms with Crippen molar-refractivity contribution >= 4 is 0 Å². The van der Waals surface area contributed by atoms with E-state index in [9.17, 15) is 5.11 Å². The molecule has 0 bridgehead atoms. The first-order valence-corrected chi connectivity index (χ1v) is 6.23. The van der Waals surface area contributed by atoms with Crippen LogP contribution in [0.25, 0.3) is 0 Å². The minimum atomic E-state index is -0.550. The molecule has 102 valence electrons. The average molecular weight is 252 g/mol. The third-order valence-corrected chi connectivity index (χ3v) is 3.08. The highest BCUT2D eigenvalue weighted by molar-refractivity contribution is 5.33. The van der Waals surface area contributed by atoms with Gasteiger partial charge in [-0.15, -0.1) is 0 Å². The number of methoxy groups -OCH3 is 2. The monoisotopic (exact) mass is 252 g/mol. The van der Waals surface area contributed by atoms with E-state index in [1.165, 1.54) is 0 Å². The summed E-state index contributed by atoms with van der Waals surface area (Å²) in [6.07, 6.45) is -0.228. The van der Waals surface area contributed by atoms with Gasteiger partial charge in [-0.25, -0.2) is 0 Å². The quantitative estimate of drug-likeness (QED) is 0.875. The highest BCUT2D eigenvalue weighted by atomic mass is 16.5.